The van der Waals surface area contributed by atoms with Crippen molar-refractivity contribution in [2.45, 2.75) is 39.5 Å². The topological polar surface area (TPSA) is 51.6 Å². The molecule has 0 radical (unpaired) electrons. The van der Waals surface area contributed by atoms with Gasteiger partial charge in [0.1, 0.15) is 0 Å². The van der Waals surface area contributed by atoms with Gasteiger partial charge in [-0.1, -0.05) is 27.7 Å². The minimum Gasteiger partial charge on any atom is -0.256 e. The molecule has 0 aliphatic rings. The molecule has 0 saturated carbocycles. The molecule has 0 aliphatic heterocycles. The first kappa shape index (κ1) is 16.6. The quantitative estimate of drug-likeness (QED) is 0.494. The Hall–Kier alpha value is -2.88. The largest absolute Gasteiger partial charge is 0.256 e. The van der Waals surface area contributed by atoms with E-state index < -0.39 is 0 Å². The fourth-order valence-electron chi connectivity index (χ4n) is 3.46. The van der Waals surface area contributed by atoms with Gasteiger partial charge < -0.3 is 0 Å². The normalized spacial score (nSPS) is 11.8. The Morgan fingerprint density at radius 1 is 0.769 bits per heavy atom. The third kappa shape index (κ3) is 2.71. The second-order valence-corrected chi connectivity index (χ2v) is 7.24. The van der Waals surface area contributed by atoms with E-state index in [4.69, 9.17) is 9.97 Å². The van der Waals surface area contributed by atoms with E-state index in [9.17, 15) is 0 Å². The maximum Gasteiger partial charge on any atom is 0.0942 e. The van der Waals surface area contributed by atoms with Crippen molar-refractivity contribution >= 4 is 21.9 Å². The van der Waals surface area contributed by atoms with Gasteiger partial charge in [0, 0.05) is 29.5 Å². The fraction of sp³-hybridized carbons (Fsp3) is 0.273. The first-order valence-electron chi connectivity index (χ1n) is 9.06. The Balaban J connectivity index is 2.01. The van der Waals surface area contributed by atoms with Crippen LogP contribution in [0, 0.1) is 0 Å². The third-order valence-corrected chi connectivity index (χ3v) is 4.74. The zero-order valence-corrected chi connectivity index (χ0v) is 15.6. The lowest BCUT2D eigenvalue weighted by atomic mass is 9.96. The summed E-state index contributed by atoms with van der Waals surface area (Å²) < 4.78 is 0. The molecular formula is C22H22N4. The van der Waals surface area contributed by atoms with Crippen LogP contribution >= 0.6 is 0 Å². The van der Waals surface area contributed by atoms with Gasteiger partial charge in [-0.05, 0) is 47.7 Å². The summed E-state index contributed by atoms with van der Waals surface area (Å²) in [5.74, 6) is 0.686. The van der Waals surface area contributed by atoms with Crippen molar-refractivity contribution in [2.24, 2.45) is 0 Å². The lowest BCUT2D eigenvalue weighted by molar-refractivity contribution is 0.864. The van der Waals surface area contributed by atoms with Crippen molar-refractivity contribution in [2.75, 3.05) is 0 Å². The van der Waals surface area contributed by atoms with E-state index in [0.717, 1.165) is 38.9 Å². The van der Waals surface area contributed by atoms with E-state index in [-0.39, 0.29) is 0 Å². The molecular weight excluding hydrogens is 320 g/mol. The number of aromatic nitrogens is 4. The van der Waals surface area contributed by atoms with Crippen molar-refractivity contribution in [1.29, 1.82) is 0 Å². The SMILES string of the molecule is CC(C)c1c(-c2ccc3nccc(C(C)C)c3n2)ncc2cccnc12. The molecule has 4 aromatic rings. The molecule has 4 rings (SSSR count). The molecule has 0 aliphatic carbocycles. The summed E-state index contributed by atoms with van der Waals surface area (Å²) in [6.45, 7) is 8.72. The van der Waals surface area contributed by atoms with E-state index in [1.807, 2.05) is 36.8 Å². The molecule has 0 fully saturated rings. The van der Waals surface area contributed by atoms with E-state index >= 15 is 0 Å². The highest BCUT2D eigenvalue weighted by molar-refractivity contribution is 5.88. The zero-order chi connectivity index (χ0) is 18.3. The molecule has 4 heterocycles. The van der Waals surface area contributed by atoms with Gasteiger partial charge in [0.2, 0.25) is 0 Å². The molecule has 0 aromatic carbocycles. The number of nitrogens with zero attached hydrogens (tertiary/aromatic N) is 4. The second-order valence-electron chi connectivity index (χ2n) is 7.24. The van der Waals surface area contributed by atoms with Crippen molar-refractivity contribution in [3.63, 3.8) is 0 Å². The molecule has 4 nitrogen and oxygen atoms in total. The summed E-state index contributed by atoms with van der Waals surface area (Å²) in [5.41, 5.74) is 7.02. The van der Waals surface area contributed by atoms with Gasteiger partial charge in [0.05, 0.1) is 27.9 Å². The Kier molecular flexibility index (Phi) is 4.11. The molecule has 0 amide bonds. The molecule has 130 valence electrons. The molecule has 4 aromatic heterocycles. The average Bonchev–Trinajstić information content (AvgIpc) is 2.65. The molecule has 0 spiro atoms. The summed E-state index contributed by atoms with van der Waals surface area (Å²) in [4.78, 5) is 18.8. The zero-order valence-electron chi connectivity index (χ0n) is 15.6. The summed E-state index contributed by atoms with van der Waals surface area (Å²) in [6.07, 6.45) is 5.59. The molecule has 0 atom stereocenters. The minimum atomic E-state index is 0.298. The minimum absolute atomic E-state index is 0.298. The summed E-state index contributed by atoms with van der Waals surface area (Å²) >= 11 is 0. The number of rotatable bonds is 3. The van der Waals surface area contributed by atoms with Crippen LogP contribution in [0.3, 0.4) is 0 Å². The standard InChI is InChI=1S/C22H22N4/c1-13(2)16-9-11-23-17-7-8-18(26-21(16)17)22-19(14(3)4)20-15(12-25-22)6-5-10-24-20/h5-14H,1-4H3. The van der Waals surface area contributed by atoms with E-state index in [1.165, 1.54) is 5.56 Å². The maximum absolute atomic E-state index is 4.96. The van der Waals surface area contributed by atoms with Crippen molar-refractivity contribution < 1.29 is 0 Å². The van der Waals surface area contributed by atoms with Crippen LogP contribution in [0.1, 0.15) is 50.7 Å². The number of hydrogen-bond acceptors (Lipinski definition) is 4. The smallest absolute Gasteiger partial charge is 0.0942 e. The summed E-state index contributed by atoms with van der Waals surface area (Å²) in [7, 11) is 0. The predicted octanol–water partition coefficient (Wildman–Crippen LogP) is 5.49. The number of fused-ring (bicyclic) bond motifs is 2. The third-order valence-electron chi connectivity index (χ3n) is 4.74. The highest BCUT2D eigenvalue weighted by Gasteiger charge is 2.17. The first-order chi connectivity index (χ1) is 12.6. The van der Waals surface area contributed by atoms with Crippen LogP contribution in [0.2, 0.25) is 0 Å². The Morgan fingerprint density at radius 2 is 1.62 bits per heavy atom. The van der Waals surface area contributed by atoms with Crippen molar-refractivity contribution in [3.8, 4) is 11.4 Å². The Bertz CT molecular complexity index is 1100. The van der Waals surface area contributed by atoms with E-state index in [2.05, 4.69) is 49.8 Å². The highest BCUT2D eigenvalue weighted by Crippen LogP contribution is 2.33. The lowest BCUT2D eigenvalue weighted by Crippen LogP contribution is -2.01. The van der Waals surface area contributed by atoms with Crippen molar-refractivity contribution in [1.82, 2.24) is 19.9 Å². The van der Waals surface area contributed by atoms with Crippen LogP contribution in [0.4, 0.5) is 0 Å². The monoisotopic (exact) mass is 342 g/mol. The second kappa shape index (κ2) is 6.45. The fourth-order valence-corrected chi connectivity index (χ4v) is 3.46. The van der Waals surface area contributed by atoms with Gasteiger partial charge >= 0.3 is 0 Å². The van der Waals surface area contributed by atoms with Crippen LogP contribution in [0.5, 0.6) is 0 Å². The molecule has 4 heteroatoms. The van der Waals surface area contributed by atoms with Crippen LogP contribution in [0.15, 0.2) is 48.9 Å². The lowest BCUT2D eigenvalue weighted by Gasteiger charge is -2.15. The van der Waals surface area contributed by atoms with Gasteiger partial charge in [-0.3, -0.25) is 15.0 Å². The van der Waals surface area contributed by atoms with Crippen LogP contribution in [-0.2, 0) is 0 Å². The van der Waals surface area contributed by atoms with Gasteiger partial charge in [-0.2, -0.15) is 0 Å². The van der Waals surface area contributed by atoms with Gasteiger partial charge in [-0.25, -0.2) is 4.98 Å². The van der Waals surface area contributed by atoms with Crippen LogP contribution in [0.25, 0.3) is 33.3 Å². The van der Waals surface area contributed by atoms with Gasteiger partial charge in [0.15, 0.2) is 0 Å². The van der Waals surface area contributed by atoms with Gasteiger partial charge in [-0.15, -0.1) is 0 Å². The average molecular weight is 342 g/mol. The van der Waals surface area contributed by atoms with Crippen LogP contribution < -0.4 is 0 Å². The van der Waals surface area contributed by atoms with E-state index in [0.29, 0.717) is 11.8 Å². The predicted molar refractivity (Wildman–Crippen MR) is 106 cm³/mol. The molecule has 0 N–H and O–H groups in total. The van der Waals surface area contributed by atoms with E-state index in [1.54, 1.807) is 0 Å². The molecule has 0 saturated heterocycles. The van der Waals surface area contributed by atoms with Crippen LogP contribution in [-0.4, -0.2) is 19.9 Å². The molecule has 0 unspecified atom stereocenters. The Morgan fingerprint density at radius 3 is 2.38 bits per heavy atom. The summed E-state index contributed by atoms with van der Waals surface area (Å²) in [6, 6.07) is 10.1. The maximum atomic E-state index is 4.96. The first-order valence-corrected chi connectivity index (χ1v) is 9.06. The molecule has 26 heavy (non-hydrogen) atoms. The highest BCUT2D eigenvalue weighted by atomic mass is 14.8. The van der Waals surface area contributed by atoms with Gasteiger partial charge in [0.25, 0.3) is 0 Å². The number of pyridine rings is 4. The molecule has 0 bridgehead atoms. The van der Waals surface area contributed by atoms with Crippen molar-refractivity contribution in [3.05, 3.63) is 60.0 Å². The summed E-state index contributed by atoms with van der Waals surface area (Å²) in [5, 5.41) is 1.06. The number of hydrogen-bond donors (Lipinski definition) is 0. The Labute approximate surface area is 153 Å².